The molecular weight excluding hydrogens is 702 g/mol. The molecule has 0 aliphatic carbocycles. The van der Waals surface area contributed by atoms with Crippen LogP contribution in [0.5, 0.6) is 0 Å². The van der Waals surface area contributed by atoms with Crippen LogP contribution in [0.2, 0.25) is 20.1 Å². The van der Waals surface area contributed by atoms with Gasteiger partial charge in [0, 0.05) is 37.5 Å². The van der Waals surface area contributed by atoms with Gasteiger partial charge in [-0.2, -0.15) is 10.2 Å². The molecular formula is C36H46Cl4N8O. The van der Waals surface area contributed by atoms with Crippen molar-refractivity contribution in [2.24, 2.45) is 0 Å². The van der Waals surface area contributed by atoms with Crippen LogP contribution >= 0.6 is 46.4 Å². The molecule has 1 amide bonds. The van der Waals surface area contributed by atoms with Gasteiger partial charge in [-0.25, -0.2) is 9.36 Å². The fraction of sp³-hybridized carbons (Fsp3) is 0.472. The van der Waals surface area contributed by atoms with Gasteiger partial charge in [0.05, 0.1) is 31.5 Å². The van der Waals surface area contributed by atoms with Crippen molar-refractivity contribution >= 4 is 63.9 Å². The number of likely N-dealkylation sites (tertiary alicyclic amines) is 2. The van der Waals surface area contributed by atoms with E-state index in [0.717, 1.165) is 56.2 Å². The highest BCUT2D eigenvalue weighted by Crippen LogP contribution is 2.26. The summed E-state index contributed by atoms with van der Waals surface area (Å²) in [5.74, 6) is 1.42. The first-order valence-electron chi connectivity index (χ1n) is 17.3. The van der Waals surface area contributed by atoms with Crippen LogP contribution in [0.1, 0.15) is 64.2 Å². The zero-order chi connectivity index (χ0) is 34.4. The fourth-order valence-electron chi connectivity index (χ4n) is 6.06. The maximum absolute atomic E-state index is 12.1. The number of hydrogen-bond acceptors (Lipinski definition) is 6. The van der Waals surface area contributed by atoms with Crippen LogP contribution in [0.4, 0.5) is 11.6 Å². The Kier molecular flexibility index (Phi) is 15.0. The second-order valence-electron chi connectivity index (χ2n) is 12.6. The lowest BCUT2D eigenvalue weighted by Crippen LogP contribution is -2.31. The number of halogens is 4. The summed E-state index contributed by atoms with van der Waals surface area (Å²) < 4.78 is 3.46. The molecule has 0 radical (unpaired) electrons. The largest absolute Gasteiger partial charge is 0.369 e. The number of aromatic nitrogens is 4. The molecule has 13 heteroatoms. The van der Waals surface area contributed by atoms with Gasteiger partial charge in [0.25, 0.3) is 0 Å². The smallest absolute Gasteiger partial charge is 0.225 e. The number of anilines is 2. The third-order valence-corrected chi connectivity index (χ3v) is 10.2. The van der Waals surface area contributed by atoms with Gasteiger partial charge in [-0.15, -0.1) is 0 Å². The summed E-state index contributed by atoms with van der Waals surface area (Å²) >= 11 is 24.0. The Morgan fingerprint density at radius 2 is 1.12 bits per heavy atom. The van der Waals surface area contributed by atoms with Crippen LogP contribution < -0.4 is 10.6 Å². The summed E-state index contributed by atoms with van der Waals surface area (Å²) in [5.41, 5.74) is 1.70. The number of carbonyl (C=O) groups excluding carboxylic acids is 1. The Bertz CT molecular complexity index is 1610. The first kappa shape index (κ1) is 37.5. The predicted molar refractivity (Wildman–Crippen MR) is 203 cm³/mol. The molecule has 0 bridgehead atoms. The van der Waals surface area contributed by atoms with Gasteiger partial charge < -0.3 is 20.4 Å². The number of unbranched alkanes of at least 4 members (excludes halogenated alkanes) is 1. The van der Waals surface area contributed by atoms with Crippen LogP contribution in [0, 0.1) is 0 Å². The van der Waals surface area contributed by atoms with Crippen molar-refractivity contribution in [1.29, 1.82) is 0 Å². The predicted octanol–water partition coefficient (Wildman–Crippen LogP) is 9.24. The fourth-order valence-corrected chi connectivity index (χ4v) is 6.65. The third kappa shape index (κ3) is 12.2. The minimum Gasteiger partial charge on any atom is -0.369 e. The molecule has 2 aromatic heterocycles. The molecule has 2 saturated heterocycles. The molecule has 4 aromatic rings. The normalized spacial score (nSPS) is 15.4. The monoisotopic (exact) mass is 746 g/mol. The van der Waals surface area contributed by atoms with E-state index in [9.17, 15) is 4.79 Å². The molecule has 0 saturated carbocycles. The molecule has 9 nitrogen and oxygen atoms in total. The summed E-state index contributed by atoms with van der Waals surface area (Å²) in [6.45, 7) is 8.05. The standard InChI is InChI=1S/C18H22Cl2N4O.C18H24Cl2N4/c19-15-7-6-14(13-16(15)20)24-12-8-17(22-24)21-18(25)5-4-11-23-9-2-1-3-10-23;19-16-7-6-15(14-17(16)20)24-13-8-18(22-24)21-9-2-5-12-23-10-3-1-4-11-23/h6-8,12-13H,1-5,9-11H2,(H,21,22,25);6-8,13-14H,1-5,9-12H2,(H,21,22). The number of nitrogens with one attached hydrogen (secondary N) is 2. The topological polar surface area (TPSA) is 83.3 Å². The van der Waals surface area contributed by atoms with Gasteiger partial charge in [0.15, 0.2) is 5.82 Å². The molecule has 2 aliphatic heterocycles. The van der Waals surface area contributed by atoms with Crippen molar-refractivity contribution in [3.63, 3.8) is 0 Å². The summed E-state index contributed by atoms with van der Waals surface area (Å²) in [5, 5.41) is 17.2. The molecule has 0 atom stereocenters. The van der Waals surface area contributed by atoms with E-state index in [0.29, 0.717) is 32.3 Å². The van der Waals surface area contributed by atoms with Crippen molar-refractivity contribution in [2.45, 2.75) is 64.2 Å². The lowest BCUT2D eigenvalue weighted by molar-refractivity contribution is -0.116. The minimum absolute atomic E-state index is 0.00334. The van der Waals surface area contributed by atoms with Gasteiger partial charge in [-0.3, -0.25) is 4.79 Å². The number of amides is 1. The maximum Gasteiger partial charge on any atom is 0.225 e. The Morgan fingerprint density at radius 3 is 1.67 bits per heavy atom. The van der Waals surface area contributed by atoms with Crippen LogP contribution in [0.15, 0.2) is 60.9 Å². The molecule has 2 N–H and O–H groups in total. The van der Waals surface area contributed by atoms with Gasteiger partial charge in [-0.1, -0.05) is 59.2 Å². The zero-order valence-electron chi connectivity index (χ0n) is 27.9. The minimum atomic E-state index is -0.00334. The van der Waals surface area contributed by atoms with Gasteiger partial charge in [0.1, 0.15) is 5.82 Å². The van der Waals surface area contributed by atoms with E-state index in [1.165, 1.54) is 64.6 Å². The SMILES string of the molecule is Clc1ccc(-n2ccc(NCCCCN3CCCCC3)n2)cc1Cl.O=C(CCCN1CCCCC1)Nc1ccn(-c2ccc(Cl)c(Cl)c2)n1. The summed E-state index contributed by atoms with van der Waals surface area (Å²) in [7, 11) is 0. The number of nitrogens with zero attached hydrogens (tertiary/aromatic N) is 6. The Balaban J connectivity index is 0.000000191. The van der Waals surface area contributed by atoms with Gasteiger partial charge in [0.2, 0.25) is 5.91 Å². The van der Waals surface area contributed by atoms with E-state index >= 15 is 0 Å². The van der Waals surface area contributed by atoms with Crippen LogP contribution in [0.25, 0.3) is 11.4 Å². The van der Waals surface area contributed by atoms with Crippen molar-refractivity contribution < 1.29 is 4.79 Å². The highest BCUT2D eigenvalue weighted by molar-refractivity contribution is 6.42. The molecule has 4 heterocycles. The van der Waals surface area contributed by atoms with E-state index in [1.807, 2.05) is 30.5 Å². The van der Waals surface area contributed by atoms with Crippen LogP contribution in [-0.2, 0) is 4.79 Å². The molecule has 0 spiro atoms. The van der Waals surface area contributed by atoms with E-state index in [-0.39, 0.29) is 5.91 Å². The van der Waals surface area contributed by atoms with E-state index in [2.05, 4.69) is 30.6 Å². The van der Waals surface area contributed by atoms with Gasteiger partial charge in [-0.05, 0) is 121 Å². The number of hydrogen-bond donors (Lipinski definition) is 2. The van der Waals surface area contributed by atoms with E-state index in [1.54, 1.807) is 39.8 Å². The molecule has 0 unspecified atom stereocenters. The average molecular weight is 749 g/mol. The molecule has 264 valence electrons. The lowest BCUT2D eigenvalue weighted by atomic mass is 10.1. The summed E-state index contributed by atoms with van der Waals surface area (Å²) in [4.78, 5) is 17.1. The maximum atomic E-state index is 12.1. The molecule has 2 fully saturated rings. The highest BCUT2D eigenvalue weighted by Gasteiger charge is 2.12. The first-order valence-corrected chi connectivity index (χ1v) is 18.9. The second-order valence-corrected chi connectivity index (χ2v) is 14.2. The first-order chi connectivity index (χ1) is 23.8. The van der Waals surface area contributed by atoms with E-state index < -0.39 is 0 Å². The number of benzene rings is 2. The zero-order valence-corrected chi connectivity index (χ0v) is 30.9. The quantitative estimate of drug-likeness (QED) is 0.133. The van der Waals surface area contributed by atoms with Crippen molar-refractivity contribution in [1.82, 2.24) is 29.4 Å². The van der Waals surface area contributed by atoms with Gasteiger partial charge >= 0.3 is 0 Å². The summed E-state index contributed by atoms with van der Waals surface area (Å²) in [6, 6.07) is 14.5. The average Bonchev–Trinajstić information content (AvgIpc) is 3.79. The molecule has 2 aromatic carbocycles. The van der Waals surface area contributed by atoms with Crippen LogP contribution in [0.3, 0.4) is 0 Å². The summed E-state index contributed by atoms with van der Waals surface area (Å²) in [6.07, 6.45) is 15.5. The van der Waals surface area contributed by atoms with E-state index in [4.69, 9.17) is 46.4 Å². The second kappa shape index (κ2) is 19.6. The van der Waals surface area contributed by atoms with Crippen LogP contribution in [-0.4, -0.2) is 81.1 Å². The van der Waals surface area contributed by atoms with Crippen molar-refractivity contribution in [2.75, 3.05) is 56.4 Å². The number of piperidine rings is 2. The Hall–Kier alpha value is -2.79. The number of rotatable bonds is 13. The molecule has 2 aliphatic rings. The van der Waals surface area contributed by atoms with Crippen molar-refractivity contribution in [3.8, 4) is 11.4 Å². The van der Waals surface area contributed by atoms with Crippen molar-refractivity contribution in [3.05, 3.63) is 81.0 Å². The lowest BCUT2D eigenvalue weighted by Gasteiger charge is -2.26. The highest BCUT2D eigenvalue weighted by atomic mass is 35.5. The number of carbonyl (C=O) groups is 1. The Labute approximate surface area is 309 Å². The Morgan fingerprint density at radius 1 is 0.612 bits per heavy atom. The molecule has 49 heavy (non-hydrogen) atoms. The third-order valence-electron chi connectivity index (χ3n) is 8.76. The molecule has 6 rings (SSSR count).